The molecule has 38 heavy (non-hydrogen) atoms. The number of aromatic amines is 1. The second kappa shape index (κ2) is 16.3. The van der Waals surface area contributed by atoms with Gasteiger partial charge in [0.2, 0.25) is 11.8 Å². The summed E-state index contributed by atoms with van der Waals surface area (Å²) in [6.45, 7) is 7.48. The number of hydrogen-bond acceptors (Lipinski definition) is 7. The Morgan fingerprint density at radius 1 is 1.05 bits per heavy atom. The molecule has 6 N–H and O–H groups in total. The third kappa shape index (κ3) is 10.6. The van der Waals surface area contributed by atoms with Crippen LogP contribution in [0.2, 0.25) is 0 Å². The van der Waals surface area contributed by atoms with Gasteiger partial charge < -0.3 is 35.9 Å². The first-order valence-corrected chi connectivity index (χ1v) is 14.0. The Bertz CT molecular complexity index is 843. The predicted octanol–water partition coefficient (Wildman–Crippen LogP) is 2.18. The number of carbonyl (C=O) groups is 3. The molecule has 0 unspecified atom stereocenters. The van der Waals surface area contributed by atoms with Crippen LogP contribution in [-0.2, 0) is 20.7 Å². The number of H-pyrrole nitrogens is 1. The molecule has 0 radical (unpaired) electrons. The van der Waals surface area contributed by atoms with Crippen LogP contribution in [0.3, 0.4) is 0 Å². The van der Waals surface area contributed by atoms with Crippen molar-refractivity contribution in [3.05, 3.63) is 18.2 Å². The number of nitrogens with one attached hydrogen (secondary N) is 4. The van der Waals surface area contributed by atoms with Crippen LogP contribution in [-0.4, -0.2) is 75.0 Å². The second-order valence-electron chi connectivity index (χ2n) is 10.7. The van der Waals surface area contributed by atoms with Crippen molar-refractivity contribution < 1.29 is 29.3 Å². The molecule has 1 aliphatic rings. The quantitative estimate of drug-likeness (QED) is 0.199. The van der Waals surface area contributed by atoms with E-state index in [4.69, 9.17) is 4.74 Å². The van der Waals surface area contributed by atoms with Crippen LogP contribution in [0.15, 0.2) is 12.5 Å². The van der Waals surface area contributed by atoms with Crippen LogP contribution in [0.25, 0.3) is 0 Å². The molecule has 0 aliphatic heterocycles. The van der Waals surface area contributed by atoms with E-state index >= 15 is 0 Å². The summed E-state index contributed by atoms with van der Waals surface area (Å²) >= 11 is 0. The Labute approximate surface area is 225 Å². The van der Waals surface area contributed by atoms with Crippen molar-refractivity contribution in [2.75, 3.05) is 6.61 Å². The number of aromatic nitrogens is 2. The highest BCUT2D eigenvalue weighted by molar-refractivity contribution is 5.91. The smallest absolute Gasteiger partial charge is 0.407 e. The number of aliphatic hydroxyl groups excluding tert-OH is 2. The fourth-order valence-electron chi connectivity index (χ4n) is 4.97. The van der Waals surface area contributed by atoms with E-state index in [-0.39, 0.29) is 18.9 Å². The van der Waals surface area contributed by atoms with E-state index in [2.05, 4.69) is 25.9 Å². The number of rotatable bonds is 15. The van der Waals surface area contributed by atoms with E-state index in [0.717, 1.165) is 25.7 Å². The van der Waals surface area contributed by atoms with E-state index in [1.807, 2.05) is 13.8 Å². The molecule has 1 heterocycles. The summed E-state index contributed by atoms with van der Waals surface area (Å²) in [5, 5.41) is 29.6. The van der Waals surface area contributed by atoms with Gasteiger partial charge in [0.05, 0.1) is 31.2 Å². The summed E-state index contributed by atoms with van der Waals surface area (Å²) in [5.74, 6) is -0.546. The van der Waals surface area contributed by atoms with Crippen molar-refractivity contribution >= 4 is 17.9 Å². The Morgan fingerprint density at radius 2 is 1.74 bits per heavy atom. The molecule has 2 rings (SSSR count). The summed E-state index contributed by atoms with van der Waals surface area (Å²) in [6, 6.07) is -2.55. The Balaban J connectivity index is 2.22. The van der Waals surface area contributed by atoms with Gasteiger partial charge in [-0.25, -0.2) is 9.78 Å². The highest BCUT2D eigenvalue weighted by Crippen LogP contribution is 2.28. The number of nitrogens with zero attached hydrogens (tertiary/aromatic N) is 1. The Hall–Kier alpha value is -2.66. The SMILES string of the molecule is CCOC(=O)N[C@@H](CC(C)C)C(=O)N[C@@H](Cc1cnc[nH]1)C(=O)N[C@@H](CC1CCCCC1)[C@@H](O)[C@@H](O)CC. The van der Waals surface area contributed by atoms with Gasteiger partial charge in [0, 0.05) is 18.3 Å². The van der Waals surface area contributed by atoms with Gasteiger partial charge in [0.15, 0.2) is 0 Å². The number of alkyl carbamates (subject to hydrolysis) is 1. The average molecular weight is 538 g/mol. The fourth-order valence-corrected chi connectivity index (χ4v) is 4.97. The highest BCUT2D eigenvalue weighted by Gasteiger charge is 2.33. The molecule has 11 nitrogen and oxygen atoms in total. The topological polar surface area (TPSA) is 166 Å². The molecule has 3 amide bonds. The van der Waals surface area contributed by atoms with Gasteiger partial charge in [-0.1, -0.05) is 52.9 Å². The lowest BCUT2D eigenvalue weighted by atomic mass is 9.82. The minimum atomic E-state index is -1.13. The van der Waals surface area contributed by atoms with Crippen molar-refractivity contribution in [1.29, 1.82) is 0 Å². The first-order valence-electron chi connectivity index (χ1n) is 14.0. The van der Waals surface area contributed by atoms with E-state index in [0.29, 0.717) is 30.9 Å². The van der Waals surface area contributed by atoms with Gasteiger partial charge >= 0.3 is 6.09 Å². The fraction of sp³-hybridized carbons (Fsp3) is 0.778. The number of hydrogen-bond donors (Lipinski definition) is 6. The molecule has 0 aromatic carbocycles. The molecule has 11 heteroatoms. The number of ether oxygens (including phenoxy) is 1. The minimum Gasteiger partial charge on any atom is -0.450 e. The summed E-state index contributed by atoms with van der Waals surface area (Å²) in [4.78, 5) is 45.9. The lowest BCUT2D eigenvalue weighted by Crippen LogP contribution is -2.58. The van der Waals surface area contributed by atoms with E-state index in [1.165, 1.54) is 12.7 Å². The van der Waals surface area contributed by atoms with Crippen molar-refractivity contribution in [1.82, 2.24) is 25.9 Å². The van der Waals surface area contributed by atoms with Gasteiger partial charge in [-0.3, -0.25) is 9.59 Å². The molecule has 216 valence electrons. The molecule has 5 atom stereocenters. The molecular formula is C27H47N5O6. The lowest BCUT2D eigenvalue weighted by Gasteiger charge is -2.33. The molecule has 1 aliphatic carbocycles. The zero-order valence-corrected chi connectivity index (χ0v) is 23.2. The third-order valence-corrected chi connectivity index (χ3v) is 7.07. The first kappa shape index (κ1) is 31.6. The highest BCUT2D eigenvalue weighted by atomic mass is 16.5. The third-order valence-electron chi connectivity index (χ3n) is 7.07. The number of carbonyl (C=O) groups excluding carboxylic acids is 3. The van der Waals surface area contributed by atoms with Gasteiger partial charge in [0.25, 0.3) is 0 Å². The monoisotopic (exact) mass is 537 g/mol. The number of aliphatic hydroxyl groups is 2. The molecule has 1 aromatic rings. The first-order chi connectivity index (χ1) is 18.1. The van der Waals surface area contributed by atoms with Gasteiger partial charge in [-0.05, 0) is 38.0 Å². The minimum absolute atomic E-state index is 0.0955. The molecule has 0 bridgehead atoms. The number of imidazole rings is 1. The van der Waals surface area contributed by atoms with Crippen LogP contribution in [0.5, 0.6) is 0 Å². The maximum absolute atomic E-state index is 13.6. The molecule has 1 fully saturated rings. The summed E-state index contributed by atoms with van der Waals surface area (Å²) in [6.07, 6.45) is 7.09. The largest absolute Gasteiger partial charge is 0.450 e. The molecular weight excluding hydrogens is 490 g/mol. The van der Waals surface area contributed by atoms with Gasteiger partial charge in [-0.15, -0.1) is 0 Å². The zero-order chi connectivity index (χ0) is 28.1. The number of amides is 3. The Morgan fingerprint density at radius 3 is 2.32 bits per heavy atom. The van der Waals surface area contributed by atoms with E-state index < -0.39 is 48.2 Å². The predicted molar refractivity (Wildman–Crippen MR) is 143 cm³/mol. The van der Waals surface area contributed by atoms with Gasteiger partial charge in [-0.2, -0.15) is 0 Å². The summed E-state index contributed by atoms with van der Waals surface area (Å²) in [7, 11) is 0. The average Bonchev–Trinajstić information content (AvgIpc) is 3.40. The van der Waals surface area contributed by atoms with Crippen LogP contribution in [0.4, 0.5) is 4.79 Å². The van der Waals surface area contributed by atoms with Crippen molar-refractivity contribution in [2.24, 2.45) is 11.8 Å². The van der Waals surface area contributed by atoms with Crippen LogP contribution in [0.1, 0.15) is 84.8 Å². The maximum atomic E-state index is 13.6. The van der Waals surface area contributed by atoms with Crippen molar-refractivity contribution in [3.8, 4) is 0 Å². The molecule has 0 spiro atoms. The van der Waals surface area contributed by atoms with Crippen LogP contribution >= 0.6 is 0 Å². The van der Waals surface area contributed by atoms with Crippen molar-refractivity contribution in [3.63, 3.8) is 0 Å². The Kier molecular flexibility index (Phi) is 13.6. The standard InChI is InChI=1S/C27H47N5O6/c1-5-23(33)24(34)20(13-18-10-8-7-9-11-18)30-26(36)22(14-19-15-28-16-29-19)31-25(35)21(12-17(3)4)32-27(37)38-6-2/h15-18,20-24,33-34H,5-14H2,1-4H3,(H,28,29)(H,30,36)(H,31,35)(H,32,37)/t20-,21-,22-,23-,24+/m0/s1. The normalized spacial score (nSPS) is 18.2. The molecule has 0 saturated heterocycles. The summed E-state index contributed by atoms with van der Waals surface area (Å²) in [5.41, 5.74) is 0.641. The van der Waals surface area contributed by atoms with Crippen molar-refractivity contribution in [2.45, 2.75) is 116 Å². The van der Waals surface area contributed by atoms with E-state index in [9.17, 15) is 24.6 Å². The zero-order valence-electron chi connectivity index (χ0n) is 23.2. The molecule has 1 saturated carbocycles. The van der Waals surface area contributed by atoms with E-state index in [1.54, 1.807) is 20.0 Å². The lowest BCUT2D eigenvalue weighted by molar-refractivity contribution is -0.131. The van der Waals surface area contributed by atoms with Crippen LogP contribution in [0, 0.1) is 11.8 Å². The maximum Gasteiger partial charge on any atom is 0.407 e. The second-order valence-corrected chi connectivity index (χ2v) is 10.7. The van der Waals surface area contributed by atoms with Gasteiger partial charge in [0.1, 0.15) is 12.1 Å². The summed E-state index contributed by atoms with van der Waals surface area (Å²) < 4.78 is 4.95. The molecule has 1 aromatic heterocycles. The van der Waals surface area contributed by atoms with Crippen LogP contribution < -0.4 is 16.0 Å².